The zero-order chi connectivity index (χ0) is 16.7. The number of nitrogens with zero attached hydrogens (tertiary/aromatic N) is 1. The molecule has 2 N–H and O–H groups in total. The summed E-state index contributed by atoms with van der Waals surface area (Å²) in [5.74, 6) is -1.60. The van der Waals surface area contributed by atoms with E-state index in [1.54, 1.807) is 36.4 Å². The lowest BCUT2D eigenvalue weighted by Crippen LogP contribution is -2.32. The molecule has 2 rings (SSSR count). The molecule has 0 bridgehead atoms. The predicted octanol–water partition coefficient (Wildman–Crippen LogP) is 2.99. The molecule has 23 heavy (non-hydrogen) atoms. The molecule has 0 aliphatic heterocycles. The third-order valence-corrected chi connectivity index (χ3v) is 3.35. The van der Waals surface area contributed by atoms with Gasteiger partial charge in [0, 0.05) is 10.7 Å². The zero-order valence-electron chi connectivity index (χ0n) is 12.5. The van der Waals surface area contributed by atoms with E-state index in [0.29, 0.717) is 10.7 Å². The Morgan fingerprint density at radius 2 is 1.78 bits per heavy atom. The van der Waals surface area contributed by atoms with Gasteiger partial charge in [-0.3, -0.25) is 9.59 Å². The van der Waals surface area contributed by atoms with Crippen LogP contribution >= 0.6 is 11.6 Å². The van der Waals surface area contributed by atoms with Gasteiger partial charge < -0.3 is 5.32 Å². The van der Waals surface area contributed by atoms with Crippen molar-refractivity contribution >= 4 is 35.3 Å². The Morgan fingerprint density at radius 3 is 2.48 bits per heavy atom. The molecule has 6 heteroatoms. The van der Waals surface area contributed by atoms with Gasteiger partial charge in [-0.2, -0.15) is 5.10 Å². The molecular weight excluding hydrogens is 314 g/mol. The lowest BCUT2D eigenvalue weighted by Gasteiger charge is -2.08. The number of para-hydroxylation sites is 1. The van der Waals surface area contributed by atoms with Crippen molar-refractivity contribution in [3.8, 4) is 0 Å². The molecule has 0 aromatic heterocycles. The minimum atomic E-state index is -0.832. The molecule has 118 valence electrons. The van der Waals surface area contributed by atoms with E-state index in [4.69, 9.17) is 11.6 Å². The zero-order valence-corrected chi connectivity index (χ0v) is 13.3. The molecule has 0 unspecified atom stereocenters. The van der Waals surface area contributed by atoms with Crippen LogP contribution in [0.25, 0.3) is 0 Å². The Bertz CT molecular complexity index is 727. The Hall–Kier alpha value is -2.66. The molecule has 0 fully saturated rings. The second-order valence-electron chi connectivity index (χ2n) is 4.72. The first-order valence-corrected chi connectivity index (χ1v) is 7.46. The molecule has 5 nitrogen and oxygen atoms in total. The summed E-state index contributed by atoms with van der Waals surface area (Å²) in [6, 6.07) is 14.2. The van der Waals surface area contributed by atoms with Gasteiger partial charge in [0.05, 0.1) is 6.21 Å². The van der Waals surface area contributed by atoms with E-state index >= 15 is 0 Å². The van der Waals surface area contributed by atoms with Crippen LogP contribution in [0.3, 0.4) is 0 Å². The highest BCUT2D eigenvalue weighted by atomic mass is 35.5. The first-order chi connectivity index (χ1) is 11.1. The summed E-state index contributed by atoms with van der Waals surface area (Å²) in [5.41, 5.74) is 4.52. The Balaban J connectivity index is 1.92. The molecule has 2 amide bonds. The minimum absolute atomic E-state index is 0.611. The van der Waals surface area contributed by atoms with Crippen LogP contribution in [0.4, 0.5) is 5.69 Å². The number of hydrogen-bond donors (Lipinski definition) is 2. The molecule has 2 aromatic carbocycles. The van der Waals surface area contributed by atoms with Gasteiger partial charge in [0.1, 0.15) is 0 Å². The molecule has 0 spiro atoms. The molecule has 0 radical (unpaired) electrons. The lowest BCUT2D eigenvalue weighted by atomic mass is 10.1. The number of halogens is 1. The predicted molar refractivity (Wildman–Crippen MR) is 91.6 cm³/mol. The summed E-state index contributed by atoms with van der Waals surface area (Å²) in [5, 5.41) is 6.93. The smallest absolute Gasteiger partial charge is 0.317 e. The standard InChI is InChI=1S/C17H16ClN3O2/c1-2-13-5-3-4-6-15(13)20-16(22)17(23)21-19-11-12-7-9-14(18)10-8-12/h3-11H,2H2,1H3,(H,20,22)(H,21,23)/b19-11+. The molecular formula is C17H16ClN3O2. The summed E-state index contributed by atoms with van der Waals surface area (Å²) in [6.45, 7) is 1.97. The van der Waals surface area contributed by atoms with Gasteiger partial charge in [-0.05, 0) is 35.7 Å². The minimum Gasteiger partial charge on any atom is -0.317 e. The maximum Gasteiger partial charge on any atom is 0.329 e. The maximum absolute atomic E-state index is 11.9. The van der Waals surface area contributed by atoms with Gasteiger partial charge in [-0.1, -0.05) is 48.9 Å². The Morgan fingerprint density at radius 1 is 1.09 bits per heavy atom. The highest BCUT2D eigenvalue weighted by Crippen LogP contribution is 2.15. The quantitative estimate of drug-likeness (QED) is 0.514. The highest BCUT2D eigenvalue weighted by molar-refractivity contribution is 6.39. The van der Waals surface area contributed by atoms with E-state index in [1.165, 1.54) is 6.21 Å². The van der Waals surface area contributed by atoms with E-state index in [1.807, 2.05) is 19.1 Å². The van der Waals surface area contributed by atoms with Gasteiger partial charge in [0.25, 0.3) is 0 Å². The van der Waals surface area contributed by atoms with Crippen LogP contribution in [0.2, 0.25) is 5.02 Å². The number of anilines is 1. The second kappa shape index (κ2) is 8.10. The number of nitrogens with one attached hydrogen (secondary N) is 2. The fourth-order valence-electron chi connectivity index (χ4n) is 1.89. The number of benzene rings is 2. The maximum atomic E-state index is 11.9. The fraction of sp³-hybridized carbons (Fsp3) is 0.118. The molecule has 0 saturated carbocycles. The summed E-state index contributed by atoms with van der Waals surface area (Å²) in [6.07, 6.45) is 2.19. The van der Waals surface area contributed by atoms with Crippen molar-refractivity contribution in [2.75, 3.05) is 5.32 Å². The van der Waals surface area contributed by atoms with Gasteiger partial charge in [0.15, 0.2) is 0 Å². The van der Waals surface area contributed by atoms with Gasteiger partial charge in [0.2, 0.25) is 0 Å². The van der Waals surface area contributed by atoms with Crippen molar-refractivity contribution in [1.29, 1.82) is 0 Å². The van der Waals surface area contributed by atoms with Gasteiger partial charge in [-0.15, -0.1) is 0 Å². The molecule has 0 atom stereocenters. The Kier molecular flexibility index (Phi) is 5.88. The van der Waals surface area contributed by atoms with Crippen LogP contribution in [-0.2, 0) is 16.0 Å². The molecule has 2 aromatic rings. The van der Waals surface area contributed by atoms with E-state index < -0.39 is 11.8 Å². The van der Waals surface area contributed by atoms with Gasteiger partial charge >= 0.3 is 11.8 Å². The van der Waals surface area contributed by atoms with Crippen molar-refractivity contribution < 1.29 is 9.59 Å². The number of amides is 2. The third-order valence-electron chi connectivity index (χ3n) is 3.10. The van der Waals surface area contributed by atoms with Crippen LogP contribution in [0.1, 0.15) is 18.1 Å². The van der Waals surface area contributed by atoms with Crippen molar-refractivity contribution in [2.24, 2.45) is 5.10 Å². The van der Waals surface area contributed by atoms with E-state index in [9.17, 15) is 9.59 Å². The monoisotopic (exact) mass is 329 g/mol. The fourth-order valence-corrected chi connectivity index (χ4v) is 2.02. The third kappa shape index (κ3) is 4.93. The molecule has 0 aliphatic rings. The summed E-state index contributed by atoms with van der Waals surface area (Å²) in [7, 11) is 0. The number of aryl methyl sites for hydroxylation is 1. The lowest BCUT2D eigenvalue weighted by molar-refractivity contribution is -0.136. The Labute approximate surface area is 139 Å². The number of hydrogen-bond acceptors (Lipinski definition) is 3. The largest absolute Gasteiger partial charge is 0.329 e. The first kappa shape index (κ1) is 16.7. The van der Waals surface area contributed by atoms with Crippen LogP contribution in [0.15, 0.2) is 53.6 Å². The average Bonchev–Trinajstić information content (AvgIpc) is 2.57. The van der Waals surface area contributed by atoms with Crippen LogP contribution in [-0.4, -0.2) is 18.0 Å². The normalized spacial score (nSPS) is 10.5. The number of hydrazone groups is 1. The van der Waals surface area contributed by atoms with Crippen molar-refractivity contribution in [3.63, 3.8) is 0 Å². The highest BCUT2D eigenvalue weighted by Gasteiger charge is 2.14. The number of carbonyl (C=O) groups excluding carboxylic acids is 2. The topological polar surface area (TPSA) is 70.6 Å². The van der Waals surface area contributed by atoms with E-state index in [0.717, 1.165) is 17.5 Å². The van der Waals surface area contributed by atoms with E-state index in [2.05, 4.69) is 15.8 Å². The SMILES string of the molecule is CCc1ccccc1NC(=O)C(=O)N/N=C/c1ccc(Cl)cc1. The summed E-state index contributed by atoms with van der Waals surface area (Å²) >= 11 is 5.77. The van der Waals surface area contributed by atoms with Crippen LogP contribution in [0, 0.1) is 0 Å². The summed E-state index contributed by atoms with van der Waals surface area (Å²) < 4.78 is 0. The van der Waals surface area contributed by atoms with Crippen LogP contribution < -0.4 is 10.7 Å². The van der Waals surface area contributed by atoms with Crippen molar-refractivity contribution in [1.82, 2.24) is 5.43 Å². The van der Waals surface area contributed by atoms with Crippen LogP contribution in [0.5, 0.6) is 0 Å². The molecule has 0 saturated heterocycles. The summed E-state index contributed by atoms with van der Waals surface area (Å²) in [4.78, 5) is 23.6. The molecule has 0 heterocycles. The first-order valence-electron chi connectivity index (χ1n) is 7.08. The second-order valence-corrected chi connectivity index (χ2v) is 5.15. The average molecular weight is 330 g/mol. The van der Waals surface area contributed by atoms with Crippen molar-refractivity contribution in [3.05, 3.63) is 64.7 Å². The van der Waals surface area contributed by atoms with Crippen molar-refractivity contribution in [2.45, 2.75) is 13.3 Å². The number of carbonyl (C=O) groups is 2. The van der Waals surface area contributed by atoms with E-state index in [-0.39, 0.29) is 0 Å². The molecule has 0 aliphatic carbocycles. The van der Waals surface area contributed by atoms with Gasteiger partial charge in [-0.25, -0.2) is 5.43 Å². The number of rotatable bonds is 4.